The van der Waals surface area contributed by atoms with E-state index in [2.05, 4.69) is 4.98 Å². The van der Waals surface area contributed by atoms with Gasteiger partial charge in [0.25, 0.3) is 11.7 Å². The van der Waals surface area contributed by atoms with Crippen molar-refractivity contribution in [2.45, 2.75) is 12.6 Å². The summed E-state index contributed by atoms with van der Waals surface area (Å²) in [5.41, 5.74) is 1.17. The zero-order valence-corrected chi connectivity index (χ0v) is 18.0. The Hall–Kier alpha value is -4.20. The Bertz CT molecular complexity index is 1200. The molecule has 2 aromatic carbocycles. The monoisotopic (exact) mass is 448 g/mol. The number of amides is 1. The maximum Gasteiger partial charge on any atom is 0.295 e. The molecule has 8 heteroatoms. The number of pyridine rings is 1. The molecule has 0 radical (unpaired) electrons. The number of carbonyl (C=O) groups is 2. The van der Waals surface area contributed by atoms with E-state index < -0.39 is 29.3 Å². The first kappa shape index (κ1) is 22.0. The van der Waals surface area contributed by atoms with E-state index in [1.807, 2.05) is 0 Å². The number of Topliss-reactive ketones (excluding diaryl/α,β-unsaturated/α-hetero) is 1. The normalized spacial score (nSPS) is 17.3. The van der Waals surface area contributed by atoms with E-state index in [9.17, 15) is 19.1 Å². The number of aliphatic hydroxyl groups excluding tert-OH is 1. The summed E-state index contributed by atoms with van der Waals surface area (Å²) in [5.74, 6) is -2.02. The predicted octanol–water partition coefficient (Wildman–Crippen LogP) is 3.86. The van der Waals surface area contributed by atoms with E-state index >= 15 is 0 Å². The van der Waals surface area contributed by atoms with Crippen LogP contribution in [0, 0.1) is 5.82 Å². The number of hydrogen-bond acceptors (Lipinski definition) is 6. The standard InChI is InChI=1S/C25H21FN2O5/c1-32-18-6-3-7-19(33-2)20(18)23(29)21-22(16-8-10-17(26)11-9-16)28(25(31)24(21)30)14-15-5-4-12-27-13-15/h3-13,22,29H,14H2,1-2H3/b23-21+. The second kappa shape index (κ2) is 9.12. The fourth-order valence-corrected chi connectivity index (χ4v) is 3.94. The number of nitrogens with zero attached hydrogens (tertiary/aromatic N) is 2. The van der Waals surface area contributed by atoms with Crippen LogP contribution in [-0.2, 0) is 16.1 Å². The Balaban J connectivity index is 1.93. The van der Waals surface area contributed by atoms with Crippen molar-refractivity contribution in [2.75, 3.05) is 14.2 Å². The van der Waals surface area contributed by atoms with Crippen molar-refractivity contribution in [3.63, 3.8) is 0 Å². The van der Waals surface area contributed by atoms with Gasteiger partial charge in [0, 0.05) is 18.9 Å². The second-order valence-electron chi connectivity index (χ2n) is 7.38. The molecule has 33 heavy (non-hydrogen) atoms. The van der Waals surface area contributed by atoms with Gasteiger partial charge in [0.05, 0.1) is 25.8 Å². The summed E-state index contributed by atoms with van der Waals surface area (Å²) in [6.07, 6.45) is 3.19. The van der Waals surface area contributed by atoms with Gasteiger partial charge in [0.15, 0.2) is 0 Å². The summed E-state index contributed by atoms with van der Waals surface area (Å²) in [4.78, 5) is 31.7. The van der Waals surface area contributed by atoms with Gasteiger partial charge in [-0.15, -0.1) is 0 Å². The molecule has 1 aliphatic heterocycles. The molecule has 1 fully saturated rings. The van der Waals surface area contributed by atoms with Crippen LogP contribution in [0.4, 0.5) is 4.39 Å². The van der Waals surface area contributed by atoms with Crippen LogP contribution in [0.25, 0.3) is 5.76 Å². The number of ether oxygens (including phenoxy) is 2. The van der Waals surface area contributed by atoms with Crippen molar-refractivity contribution >= 4 is 17.4 Å². The highest BCUT2D eigenvalue weighted by molar-refractivity contribution is 6.46. The summed E-state index contributed by atoms with van der Waals surface area (Å²) in [6, 6.07) is 12.9. The third-order valence-electron chi connectivity index (χ3n) is 5.47. The summed E-state index contributed by atoms with van der Waals surface area (Å²) in [5, 5.41) is 11.3. The molecular formula is C25H21FN2O5. The fourth-order valence-electron chi connectivity index (χ4n) is 3.94. The third kappa shape index (κ3) is 4.03. The van der Waals surface area contributed by atoms with E-state index in [0.29, 0.717) is 11.1 Å². The number of aliphatic hydroxyl groups is 1. The molecular weight excluding hydrogens is 427 g/mol. The Morgan fingerprint density at radius 3 is 2.27 bits per heavy atom. The first-order valence-corrected chi connectivity index (χ1v) is 10.1. The SMILES string of the molecule is COc1cccc(OC)c1/C(O)=C1\C(=O)C(=O)N(Cc2cccnc2)C1c1ccc(F)cc1. The molecule has 0 spiro atoms. The van der Waals surface area contributed by atoms with Crippen LogP contribution < -0.4 is 9.47 Å². The maximum absolute atomic E-state index is 13.6. The van der Waals surface area contributed by atoms with Crippen LogP contribution in [0.3, 0.4) is 0 Å². The molecule has 7 nitrogen and oxygen atoms in total. The van der Waals surface area contributed by atoms with Gasteiger partial charge in [-0.05, 0) is 41.5 Å². The Morgan fingerprint density at radius 1 is 1.03 bits per heavy atom. The number of rotatable bonds is 6. The summed E-state index contributed by atoms with van der Waals surface area (Å²) in [7, 11) is 2.84. The lowest BCUT2D eigenvalue weighted by molar-refractivity contribution is -0.140. The summed E-state index contributed by atoms with van der Waals surface area (Å²) in [6.45, 7) is 0.0697. The summed E-state index contributed by atoms with van der Waals surface area (Å²) >= 11 is 0. The van der Waals surface area contributed by atoms with Crippen LogP contribution in [0.2, 0.25) is 0 Å². The van der Waals surface area contributed by atoms with Crippen molar-refractivity contribution < 1.29 is 28.6 Å². The van der Waals surface area contributed by atoms with Gasteiger partial charge in [-0.1, -0.05) is 24.3 Å². The fraction of sp³-hybridized carbons (Fsp3) is 0.160. The molecule has 1 aliphatic rings. The van der Waals surface area contributed by atoms with Crippen molar-refractivity contribution in [3.05, 3.63) is 95.1 Å². The topological polar surface area (TPSA) is 89.0 Å². The van der Waals surface area contributed by atoms with Gasteiger partial charge in [0.2, 0.25) is 0 Å². The first-order chi connectivity index (χ1) is 16.0. The van der Waals surface area contributed by atoms with Gasteiger partial charge < -0.3 is 19.5 Å². The largest absolute Gasteiger partial charge is 0.506 e. The van der Waals surface area contributed by atoms with Crippen LogP contribution >= 0.6 is 0 Å². The molecule has 1 N–H and O–H groups in total. The number of likely N-dealkylation sites (tertiary alicyclic amines) is 1. The lowest BCUT2D eigenvalue weighted by Gasteiger charge is -2.25. The van der Waals surface area contributed by atoms with Gasteiger partial charge in [-0.2, -0.15) is 0 Å². The number of hydrogen-bond donors (Lipinski definition) is 1. The zero-order chi connectivity index (χ0) is 23.5. The highest BCUT2D eigenvalue weighted by atomic mass is 19.1. The minimum Gasteiger partial charge on any atom is -0.506 e. The average Bonchev–Trinajstić information content (AvgIpc) is 3.09. The van der Waals surface area contributed by atoms with Crippen molar-refractivity contribution in [3.8, 4) is 11.5 Å². The molecule has 3 aromatic rings. The molecule has 0 bridgehead atoms. The molecule has 2 heterocycles. The molecule has 1 amide bonds. The third-order valence-corrected chi connectivity index (χ3v) is 5.47. The summed E-state index contributed by atoms with van der Waals surface area (Å²) < 4.78 is 24.4. The Morgan fingerprint density at radius 2 is 1.70 bits per heavy atom. The van der Waals surface area contributed by atoms with Gasteiger partial charge in [-0.3, -0.25) is 14.6 Å². The number of methoxy groups -OCH3 is 2. The number of ketones is 1. The molecule has 168 valence electrons. The number of carbonyl (C=O) groups excluding carboxylic acids is 2. The molecule has 4 rings (SSSR count). The number of halogens is 1. The Labute approximate surface area is 189 Å². The van der Waals surface area contributed by atoms with Crippen molar-refractivity contribution in [1.29, 1.82) is 0 Å². The van der Waals surface area contributed by atoms with Crippen LogP contribution in [0.1, 0.15) is 22.7 Å². The van der Waals surface area contributed by atoms with Gasteiger partial charge in [-0.25, -0.2) is 4.39 Å². The molecule has 1 unspecified atom stereocenters. The molecule has 1 aromatic heterocycles. The predicted molar refractivity (Wildman–Crippen MR) is 118 cm³/mol. The number of benzene rings is 2. The molecule has 1 atom stereocenters. The Kier molecular flexibility index (Phi) is 6.08. The smallest absolute Gasteiger partial charge is 0.295 e. The van der Waals surface area contributed by atoms with E-state index in [-0.39, 0.29) is 29.2 Å². The lowest BCUT2D eigenvalue weighted by Crippen LogP contribution is -2.29. The van der Waals surface area contributed by atoms with Gasteiger partial charge >= 0.3 is 0 Å². The highest BCUT2D eigenvalue weighted by Gasteiger charge is 2.46. The van der Waals surface area contributed by atoms with Crippen LogP contribution in [0.5, 0.6) is 11.5 Å². The second-order valence-corrected chi connectivity index (χ2v) is 7.38. The lowest BCUT2D eigenvalue weighted by atomic mass is 9.94. The first-order valence-electron chi connectivity index (χ1n) is 10.1. The minimum absolute atomic E-state index is 0.0697. The average molecular weight is 448 g/mol. The minimum atomic E-state index is -0.958. The number of aromatic nitrogens is 1. The highest BCUT2D eigenvalue weighted by Crippen LogP contribution is 2.43. The van der Waals surface area contributed by atoms with E-state index in [4.69, 9.17) is 9.47 Å². The van der Waals surface area contributed by atoms with Crippen molar-refractivity contribution in [1.82, 2.24) is 9.88 Å². The van der Waals surface area contributed by atoms with Crippen LogP contribution in [0.15, 0.2) is 72.6 Å². The van der Waals surface area contributed by atoms with E-state index in [1.54, 1.807) is 42.7 Å². The van der Waals surface area contributed by atoms with Gasteiger partial charge in [0.1, 0.15) is 28.6 Å². The maximum atomic E-state index is 13.6. The van der Waals surface area contributed by atoms with E-state index in [1.165, 1.54) is 43.4 Å². The molecule has 1 saturated heterocycles. The quantitative estimate of drug-likeness (QED) is 0.350. The van der Waals surface area contributed by atoms with Crippen LogP contribution in [-0.4, -0.2) is 40.9 Å². The van der Waals surface area contributed by atoms with Crippen molar-refractivity contribution in [2.24, 2.45) is 0 Å². The molecule has 0 aliphatic carbocycles. The molecule has 0 saturated carbocycles. The van der Waals surface area contributed by atoms with E-state index in [0.717, 1.165) is 0 Å². The zero-order valence-electron chi connectivity index (χ0n) is 18.0.